The zero-order valence-electron chi connectivity index (χ0n) is 23.5. The first kappa shape index (κ1) is 43.5. The third-order valence-electron chi connectivity index (χ3n) is 3.64. The molecule has 0 aromatic heterocycles. The number of esters is 2. The third-order valence-corrected chi connectivity index (χ3v) is 3.64. The van der Waals surface area contributed by atoms with Crippen LogP contribution in [0.3, 0.4) is 0 Å². The van der Waals surface area contributed by atoms with Gasteiger partial charge in [-0.05, 0) is 39.8 Å². The molecular formula is C22H34N2Na2O14. The van der Waals surface area contributed by atoms with Crippen LogP contribution in [0.2, 0.25) is 0 Å². The molecule has 218 valence electrons. The van der Waals surface area contributed by atoms with Crippen molar-refractivity contribution in [1.29, 1.82) is 0 Å². The first-order valence-corrected chi connectivity index (χ1v) is 11.4. The standard InChI is InChI=1S/C22H36N2O14.2Na/c1-15(25)11-33-23(34-12-16(2)26)9-10-24(35-13-17(3)37-21(31)7-5-19(27)28)36-14-18(4)38-22(32)8-6-20(29)30;;/h5-8,15-18,25-26H,9-14H2,1-4H3,(H,27,28)(H,29,30);;/q;2*+1/p-2/b7-5-,8-6-;;. The number of aliphatic carboxylic acids is 2. The van der Waals surface area contributed by atoms with Crippen molar-refractivity contribution in [2.45, 2.75) is 52.1 Å². The van der Waals surface area contributed by atoms with Gasteiger partial charge in [-0.25, -0.2) is 9.59 Å². The minimum atomic E-state index is -1.57. The molecule has 0 rings (SSSR count). The number of hydrogen-bond donors (Lipinski definition) is 2. The molecule has 0 aliphatic rings. The van der Waals surface area contributed by atoms with Crippen LogP contribution in [0.25, 0.3) is 0 Å². The second-order valence-electron chi connectivity index (χ2n) is 7.79. The number of carboxylic acid groups (broad SMARTS) is 2. The Labute approximate surface area is 276 Å². The maximum Gasteiger partial charge on any atom is 1.00 e. The van der Waals surface area contributed by atoms with Crippen molar-refractivity contribution in [1.82, 2.24) is 10.5 Å². The largest absolute Gasteiger partial charge is 1.00 e. The Kier molecular flexibility index (Phi) is 28.0. The SMILES string of the molecule is CC(O)CON(CCN(OCC(C)OC(=O)/C=C\C(=O)[O-])OCC(C)OC(=O)/C=C\C(=O)[O-])OCC(C)O.[Na+].[Na+]. The molecule has 0 spiro atoms. The molecule has 0 fully saturated rings. The van der Waals surface area contributed by atoms with Gasteiger partial charge < -0.3 is 39.5 Å². The molecule has 0 radical (unpaired) electrons. The molecule has 0 aromatic carbocycles. The number of aliphatic hydroxyl groups excluding tert-OH is 2. The van der Waals surface area contributed by atoms with Gasteiger partial charge in [-0.1, -0.05) is 10.5 Å². The molecule has 2 N–H and O–H groups in total. The first-order chi connectivity index (χ1) is 17.8. The molecule has 0 saturated heterocycles. The molecule has 0 amide bonds. The monoisotopic (exact) mass is 596 g/mol. The molecule has 18 heteroatoms. The van der Waals surface area contributed by atoms with Crippen LogP contribution in [0.1, 0.15) is 27.7 Å². The summed E-state index contributed by atoms with van der Waals surface area (Å²) in [5.41, 5.74) is 0. The van der Waals surface area contributed by atoms with Gasteiger partial charge in [-0.3, -0.25) is 19.4 Å². The molecule has 40 heavy (non-hydrogen) atoms. The number of rotatable bonds is 21. The quantitative estimate of drug-likeness (QED) is 0.0544. The molecule has 16 nitrogen and oxygen atoms in total. The Morgan fingerprint density at radius 1 is 0.625 bits per heavy atom. The van der Waals surface area contributed by atoms with E-state index in [4.69, 9.17) is 28.8 Å². The van der Waals surface area contributed by atoms with Crippen LogP contribution in [0, 0.1) is 0 Å². The van der Waals surface area contributed by atoms with E-state index in [1.54, 1.807) is 0 Å². The van der Waals surface area contributed by atoms with E-state index >= 15 is 0 Å². The van der Waals surface area contributed by atoms with E-state index < -0.39 is 48.3 Å². The minimum Gasteiger partial charge on any atom is -0.545 e. The molecule has 0 aliphatic carbocycles. The van der Waals surface area contributed by atoms with Crippen molar-refractivity contribution in [2.24, 2.45) is 0 Å². The predicted octanol–water partition coefficient (Wildman–Crippen LogP) is -9.44. The fourth-order valence-corrected chi connectivity index (χ4v) is 2.07. The van der Waals surface area contributed by atoms with E-state index in [0.717, 1.165) is 10.5 Å². The Morgan fingerprint density at radius 3 is 1.20 bits per heavy atom. The van der Waals surface area contributed by atoms with Crippen LogP contribution in [0.5, 0.6) is 0 Å². The van der Waals surface area contributed by atoms with Gasteiger partial charge in [0.1, 0.15) is 25.4 Å². The van der Waals surface area contributed by atoms with Crippen LogP contribution in [-0.2, 0) is 48.0 Å². The summed E-state index contributed by atoms with van der Waals surface area (Å²) in [4.78, 5) is 65.5. The molecule has 0 aromatic rings. The van der Waals surface area contributed by atoms with E-state index in [2.05, 4.69) is 0 Å². The summed E-state index contributed by atoms with van der Waals surface area (Å²) in [6.07, 6.45) is -1.02. The summed E-state index contributed by atoms with van der Waals surface area (Å²) in [6, 6.07) is 0. The van der Waals surface area contributed by atoms with Gasteiger partial charge in [0.25, 0.3) is 0 Å². The predicted molar refractivity (Wildman–Crippen MR) is 120 cm³/mol. The second kappa shape index (κ2) is 25.7. The number of carbonyl (C=O) groups excluding carboxylic acids is 4. The van der Waals surface area contributed by atoms with Crippen LogP contribution >= 0.6 is 0 Å². The van der Waals surface area contributed by atoms with E-state index in [1.165, 1.54) is 27.7 Å². The number of aliphatic hydroxyl groups is 2. The number of carboxylic acids is 2. The maximum atomic E-state index is 11.6. The number of carbonyl (C=O) groups is 4. The fraction of sp³-hybridized carbons (Fsp3) is 0.636. The molecule has 0 heterocycles. The summed E-state index contributed by atoms with van der Waals surface area (Å²) in [5.74, 6) is -5.05. The zero-order valence-corrected chi connectivity index (χ0v) is 27.5. The summed E-state index contributed by atoms with van der Waals surface area (Å²) in [7, 11) is 0. The van der Waals surface area contributed by atoms with E-state index in [-0.39, 0.29) is 98.6 Å². The normalized spacial score (nSPS) is 14.3. The van der Waals surface area contributed by atoms with Crippen molar-refractivity contribution in [3.63, 3.8) is 0 Å². The van der Waals surface area contributed by atoms with Crippen LogP contribution in [-0.4, -0.2) is 108 Å². The smallest absolute Gasteiger partial charge is 0.545 e. The second-order valence-corrected chi connectivity index (χ2v) is 7.79. The molecule has 0 bridgehead atoms. The molecule has 0 aliphatic heterocycles. The van der Waals surface area contributed by atoms with Crippen molar-refractivity contribution in [3.8, 4) is 0 Å². The van der Waals surface area contributed by atoms with Gasteiger partial charge in [-0.15, -0.1) is 0 Å². The summed E-state index contributed by atoms with van der Waals surface area (Å²) in [5, 5.41) is 41.6. The Hall–Kier alpha value is -0.960. The molecule has 4 unspecified atom stereocenters. The van der Waals surface area contributed by atoms with Crippen LogP contribution in [0.4, 0.5) is 0 Å². The zero-order chi connectivity index (χ0) is 29.1. The summed E-state index contributed by atoms with van der Waals surface area (Å²) in [6.45, 7) is 5.00. The van der Waals surface area contributed by atoms with E-state index in [1.807, 2.05) is 0 Å². The van der Waals surface area contributed by atoms with Crippen LogP contribution in [0.15, 0.2) is 24.3 Å². The van der Waals surface area contributed by atoms with Gasteiger partial charge in [-0.2, -0.15) is 0 Å². The van der Waals surface area contributed by atoms with Crippen LogP contribution < -0.4 is 69.3 Å². The van der Waals surface area contributed by atoms with Gasteiger partial charge in [0.05, 0.1) is 50.4 Å². The average molecular weight is 596 g/mol. The maximum absolute atomic E-state index is 11.6. The van der Waals surface area contributed by atoms with Crippen molar-refractivity contribution >= 4 is 23.9 Å². The van der Waals surface area contributed by atoms with Gasteiger partial charge >= 0.3 is 71.1 Å². The number of hydroxylamine groups is 4. The molecule has 0 saturated carbocycles. The van der Waals surface area contributed by atoms with Crippen molar-refractivity contribution < 1.29 is 128 Å². The van der Waals surface area contributed by atoms with Crippen molar-refractivity contribution in [3.05, 3.63) is 24.3 Å². The minimum absolute atomic E-state index is 0. The topological polar surface area (TPSA) is 217 Å². The van der Waals surface area contributed by atoms with E-state index in [9.17, 15) is 39.6 Å². The summed E-state index contributed by atoms with van der Waals surface area (Å²) < 4.78 is 9.92. The average Bonchev–Trinajstić information content (AvgIpc) is 2.81. The van der Waals surface area contributed by atoms with Gasteiger partial charge in [0, 0.05) is 12.2 Å². The Bertz CT molecular complexity index is 737. The van der Waals surface area contributed by atoms with Crippen molar-refractivity contribution in [2.75, 3.05) is 39.5 Å². The summed E-state index contributed by atoms with van der Waals surface area (Å²) >= 11 is 0. The fourth-order valence-electron chi connectivity index (χ4n) is 2.07. The third kappa shape index (κ3) is 27.2. The number of ether oxygens (including phenoxy) is 2. The van der Waals surface area contributed by atoms with Gasteiger partial charge in [0.15, 0.2) is 0 Å². The van der Waals surface area contributed by atoms with E-state index in [0.29, 0.717) is 24.3 Å². The number of nitrogens with zero attached hydrogens (tertiary/aromatic N) is 2. The molecule has 4 atom stereocenters. The first-order valence-electron chi connectivity index (χ1n) is 11.4. The Morgan fingerprint density at radius 2 is 0.925 bits per heavy atom. The van der Waals surface area contributed by atoms with Gasteiger partial charge in [0.2, 0.25) is 0 Å². The molecular weight excluding hydrogens is 562 g/mol. The number of hydrogen-bond acceptors (Lipinski definition) is 16. The Balaban J connectivity index is -0.00000684.